The van der Waals surface area contributed by atoms with Crippen molar-refractivity contribution in [1.29, 1.82) is 0 Å². The number of anilines is 1. The molecule has 1 aliphatic heterocycles. The second-order valence-electron chi connectivity index (χ2n) is 3.63. The van der Waals surface area contributed by atoms with Crippen LogP contribution < -0.4 is 10.6 Å². The van der Waals surface area contributed by atoms with E-state index in [1.54, 1.807) is 18.2 Å². The minimum absolute atomic E-state index is 0.128. The van der Waals surface area contributed by atoms with Crippen LogP contribution in [0.5, 0.6) is 0 Å². The van der Waals surface area contributed by atoms with Gasteiger partial charge < -0.3 is 10.8 Å². The molecule has 0 aliphatic carbocycles. The SMILES string of the molecule is NCc1cccc2c1C(=O)C(=O)N2CC(=O)O. The number of amides is 1. The molecule has 6 heteroatoms. The van der Waals surface area contributed by atoms with Gasteiger partial charge in [-0.1, -0.05) is 12.1 Å². The number of Topliss-reactive ketones (excluding diaryl/α,β-unsaturated/α-hetero) is 1. The first kappa shape index (κ1) is 11.3. The second kappa shape index (κ2) is 3.99. The first-order chi connectivity index (χ1) is 8.06. The number of aliphatic carboxylic acids is 1. The molecule has 0 atom stereocenters. The molecule has 1 amide bonds. The van der Waals surface area contributed by atoms with E-state index in [0.717, 1.165) is 4.90 Å². The molecule has 1 aromatic rings. The van der Waals surface area contributed by atoms with Gasteiger partial charge in [-0.05, 0) is 11.6 Å². The Morgan fingerprint density at radius 3 is 2.65 bits per heavy atom. The molecule has 3 N–H and O–H groups in total. The number of nitrogens with zero attached hydrogens (tertiary/aromatic N) is 1. The van der Waals surface area contributed by atoms with Crippen LogP contribution in [0.2, 0.25) is 0 Å². The Labute approximate surface area is 96.6 Å². The summed E-state index contributed by atoms with van der Waals surface area (Å²) < 4.78 is 0. The number of benzene rings is 1. The van der Waals surface area contributed by atoms with Gasteiger partial charge in [0.15, 0.2) is 0 Å². The molecule has 0 bridgehead atoms. The van der Waals surface area contributed by atoms with Crippen molar-refractivity contribution < 1.29 is 19.5 Å². The van der Waals surface area contributed by atoms with Crippen molar-refractivity contribution in [2.45, 2.75) is 6.54 Å². The standard InChI is InChI=1S/C11H10N2O4/c12-4-6-2-1-3-7-9(6)10(16)11(17)13(7)5-8(14)15/h1-3H,4-5,12H2,(H,14,15). The Morgan fingerprint density at radius 1 is 1.35 bits per heavy atom. The number of nitrogens with two attached hydrogens (primary N) is 1. The van der Waals surface area contributed by atoms with Gasteiger partial charge in [-0.15, -0.1) is 0 Å². The normalized spacial score (nSPS) is 14.1. The molecule has 0 unspecified atom stereocenters. The Morgan fingerprint density at radius 2 is 2.06 bits per heavy atom. The number of fused-ring (bicyclic) bond motifs is 1. The molecule has 0 saturated heterocycles. The van der Waals surface area contributed by atoms with Crippen molar-refractivity contribution in [2.75, 3.05) is 11.4 Å². The molecule has 1 aromatic carbocycles. The lowest BCUT2D eigenvalue weighted by Gasteiger charge is -2.13. The lowest BCUT2D eigenvalue weighted by Crippen LogP contribution is -2.34. The predicted octanol–water partition coefficient (Wildman–Crippen LogP) is -0.241. The van der Waals surface area contributed by atoms with Crippen LogP contribution in [0, 0.1) is 0 Å². The summed E-state index contributed by atoms with van der Waals surface area (Å²) in [6.45, 7) is -0.394. The topological polar surface area (TPSA) is 101 Å². The van der Waals surface area contributed by atoms with Gasteiger partial charge in [0.25, 0.3) is 11.7 Å². The molecule has 17 heavy (non-hydrogen) atoms. The van der Waals surface area contributed by atoms with Crippen LogP contribution in [0.4, 0.5) is 5.69 Å². The highest BCUT2D eigenvalue weighted by Crippen LogP contribution is 2.31. The lowest BCUT2D eigenvalue weighted by atomic mass is 10.0. The molecular formula is C11H10N2O4. The summed E-state index contributed by atoms with van der Waals surface area (Å²) in [4.78, 5) is 35.0. The number of carboxylic acid groups (broad SMARTS) is 1. The van der Waals surface area contributed by atoms with E-state index < -0.39 is 24.2 Å². The van der Waals surface area contributed by atoms with Crippen molar-refractivity contribution in [3.8, 4) is 0 Å². The van der Waals surface area contributed by atoms with Crippen LogP contribution in [0.1, 0.15) is 15.9 Å². The van der Waals surface area contributed by atoms with Crippen molar-refractivity contribution in [1.82, 2.24) is 0 Å². The van der Waals surface area contributed by atoms with Gasteiger partial charge in [0, 0.05) is 6.54 Å². The monoisotopic (exact) mass is 234 g/mol. The molecule has 1 aliphatic rings. The number of carbonyl (C=O) groups excluding carboxylic acids is 2. The van der Waals surface area contributed by atoms with E-state index in [4.69, 9.17) is 10.8 Å². The molecular weight excluding hydrogens is 224 g/mol. The zero-order chi connectivity index (χ0) is 12.6. The molecule has 2 rings (SSSR count). The summed E-state index contributed by atoms with van der Waals surface area (Å²) in [6, 6.07) is 4.83. The lowest BCUT2D eigenvalue weighted by molar-refractivity contribution is -0.136. The summed E-state index contributed by atoms with van der Waals surface area (Å²) >= 11 is 0. The van der Waals surface area contributed by atoms with Crippen LogP contribution in [-0.4, -0.2) is 29.3 Å². The van der Waals surface area contributed by atoms with Crippen LogP contribution in [0.3, 0.4) is 0 Å². The Balaban J connectivity index is 2.54. The Kier molecular flexibility index (Phi) is 2.64. The minimum Gasteiger partial charge on any atom is -0.480 e. The maximum atomic E-state index is 11.7. The summed E-state index contributed by atoms with van der Waals surface area (Å²) in [6.07, 6.45) is 0. The van der Waals surface area contributed by atoms with E-state index >= 15 is 0 Å². The zero-order valence-corrected chi connectivity index (χ0v) is 8.84. The number of ketones is 1. The number of carboxylic acids is 1. The third-order valence-corrected chi connectivity index (χ3v) is 2.60. The van der Waals surface area contributed by atoms with E-state index in [-0.39, 0.29) is 12.1 Å². The van der Waals surface area contributed by atoms with Crippen LogP contribution in [0.25, 0.3) is 0 Å². The van der Waals surface area contributed by atoms with Gasteiger partial charge in [0.2, 0.25) is 0 Å². The number of carbonyl (C=O) groups is 3. The highest BCUT2D eigenvalue weighted by atomic mass is 16.4. The Bertz CT molecular complexity index is 524. The summed E-state index contributed by atoms with van der Waals surface area (Å²) in [5.74, 6) is -2.68. The second-order valence-corrected chi connectivity index (χ2v) is 3.63. The van der Waals surface area contributed by atoms with E-state index in [2.05, 4.69) is 0 Å². The minimum atomic E-state index is -1.17. The smallest absolute Gasteiger partial charge is 0.323 e. The van der Waals surface area contributed by atoms with Gasteiger partial charge >= 0.3 is 5.97 Å². The average molecular weight is 234 g/mol. The van der Waals surface area contributed by atoms with Gasteiger partial charge in [0.05, 0.1) is 11.3 Å². The maximum absolute atomic E-state index is 11.7. The number of hydrogen-bond acceptors (Lipinski definition) is 4. The van der Waals surface area contributed by atoms with Crippen molar-refractivity contribution in [2.24, 2.45) is 5.73 Å². The third kappa shape index (κ3) is 1.68. The molecule has 0 radical (unpaired) electrons. The third-order valence-electron chi connectivity index (χ3n) is 2.60. The van der Waals surface area contributed by atoms with E-state index in [1.807, 2.05) is 0 Å². The van der Waals surface area contributed by atoms with Gasteiger partial charge in [-0.25, -0.2) is 0 Å². The number of rotatable bonds is 3. The summed E-state index contributed by atoms with van der Waals surface area (Å²) in [5, 5.41) is 8.70. The maximum Gasteiger partial charge on any atom is 0.323 e. The Hall–Kier alpha value is -2.21. The molecule has 0 fully saturated rings. The largest absolute Gasteiger partial charge is 0.480 e. The fraction of sp³-hybridized carbons (Fsp3) is 0.182. The van der Waals surface area contributed by atoms with Crippen molar-refractivity contribution in [3.05, 3.63) is 29.3 Å². The molecule has 0 aromatic heterocycles. The van der Waals surface area contributed by atoms with Gasteiger partial charge in [-0.2, -0.15) is 0 Å². The quantitative estimate of drug-likeness (QED) is 0.703. The van der Waals surface area contributed by atoms with Crippen molar-refractivity contribution >= 4 is 23.3 Å². The molecule has 0 saturated carbocycles. The van der Waals surface area contributed by atoms with Crippen LogP contribution in [0.15, 0.2) is 18.2 Å². The van der Waals surface area contributed by atoms with Crippen LogP contribution in [-0.2, 0) is 16.1 Å². The highest BCUT2D eigenvalue weighted by molar-refractivity contribution is 6.52. The fourth-order valence-corrected chi connectivity index (χ4v) is 1.87. The van der Waals surface area contributed by atoms with Gasteiger partial charge in [0.1, 0.15) is 6.54 Å². The fourth-order valence-electron chi connectivity index (χ4n) is 1.87. The van der Waals surface area contributed by atoms with E-state index in [0.29, 0.717) is 11.3 Å². The van der Waals surface area contributed by atoms with Gasteiger partial charge in [-0.3, -0.25) is 19.3 Å². The number of hydrogen-bond donors (Lipinski definition) is 2. The van der Waals surface area contributed by atoms with E-state index in [1.165, 1.54) is 0 Å². The molecule has 6 nitrogen and oxygen atoms in total. The average Bonchev–Trinajstić information content (AvgIpc) is 2.54. The van der Waals surface area contributed by atoms with Crippen LogP contribution >= 0.6 is 0 Å². The molecule has 0 spiro atoms. The van der Waals surface area contributed by atoms with Crippen molar-refractivity contribution in [3.63, 3.8) is 0 Å². The summed E-state index contributed by atoms with van der Waals surface area (Å²) in [5.41, 5.74) is 6.58. The molecule has 1 heterocycles. The highest BCUT2D eigenvalue weighted by Gasteiger charge is 2.38. The first-order valence-electron chi connectivity index (χ1n) is 4.96. The first-order valence-corrected chi connectivity index (χ1v) is 4.96. The molecule has 88 valence electrons. The zero-order valence-electron chi connectivity index (χ0n) is 8.84. The summed E-state index contributed by atoms with van der Waals surface area (Å²) in [7, 11) is 0. The predicted molar refractivity (Wildman–Crippen MR) is 58.7 cm³/mol. The van der Waals surface area contributed by atoms with E-state index in [9.17, 15) is 14.4 Å².